The van der Waals surface area contributed by atoms with Gasteiger partial charge in [-0.05, 0) is 49.6 Å². The number of hydrogen-bond donors (Lipinski definition) is 1. The fraction of sp³-hybridized carbons (Fsp3) is 0.300. The zero-order valence-corrected chi connectivity index (χ0v) is 16.5. The summed E-state index contributed by atoms with van der Waals surface area (Å²) in [5.41, 5.74) is 2.28. The van der Waals surface area contributed by atoms with Crippen molar-refractivity contribution in [3.63, 3.8) is 0 Å². The van der Waals surface area contributed by atoms with Crippen molar-refractivity contribution in [2.24, 2.45) is 0 Å². The standard InChI is InChI=1S/C20H20N4O3S/c1-13(2)23-10-9-16-17(11-21)20(28-18(16)12-23)22-19(25)8-5-14-3-6-15(7-4-14)24(26)27/h3-8,13H,9-10,12H2,1-2H3,(H,22,25). The highest BCUT2D eigenvalue weighted by molar-refractivity contribution is 7.16. The van der Waals surface area contributed by atoms with E-state index in [1.807, 2.05) is 0 Å². The van der Waals surface area contributed by atoms with Crippen LogP contribution < -0.4 is 5.32 Å². The normalized spacial score (nSPS) is 14.1. The van der Waals surface area contributed by atoms with Crippen LogP contribution in [0.3, 0.4) is 0 Å². The predicted octanol–water partition coefficient (Wildman–Crippen LogP) is 3.95. The Morgan fingerprint density at radius 3 is 2.71 bits per heavy atom. The molecule has 0 fully saturated rings. The van der Waals surface area contributed by atoms with Crippen LogP contribution >= 0.6 is 11.3 Å². The van der Waals surface area contributed by atoms with Crippen molar-refractivity contribution in [1.82, 2.24) is 4.90 Å². The van der Waals surface area contributed by atoms with Crippen LogP contribution in [0, 0.1) is 21.4 Å². The number of nitrogens with zero attached hydrogens (tertiary/aromatic N) is 3. The minimum Gasteiger partial charge on any atom is -0.313 e. The van der Waals surface area contributed by atoms with Gasteiger partial charge in [-0.1, -0.05) is 0 Å². The molecule has 0 radical (unpaired) electrons. The number of non-ortho nitro benzene ring substituents is 1. The molecule has 0 aliphatic carbocycles. The SMILES string of the molecule is CC(C)N1CCc2c(sc(NC(=O)C=Cc3ccc([N+](=O)[O-])cc3)c2C#N)C1. The van der Waals surface area contributed by atoms with Gasteiger partial charge in [-0.2, -0.15) is 5.26 Å². The molecule has 8 heteroatoms. The number of rotatable bonds is 5. The number of fused-ring (bicyclic) bond motifs is 1. The van der Waals surface area contributed by atoms with Crippen LogP contribution in [0.4, 0.5) is 10.7 Å². The summed E-state index contributed by atoms with van der Waals surface area (Å²) in [5, 5.41) is 23.6. The second-order valence-corrected chi connectivity index (χ2v) is 7.91. The third kappa shape index (κ3) is 4.27. The topological polar surface area (TPSA) is 99.3 Å². The molecule has 0 bridgehead atoms. The molecular formula is C20H20N4O3S. The lowest BCUT2D eigenvalue weighted by Crippen LogP contribution is -2.35. The molecular weight excluding hydrogens is 376 g/mol. The van der Waals surface area contributed by atoms with Crippen molar-refractivity contribution in [3.8, 4) is 6.07 Å². The van der Waals surface area contributed by atoms with Gasteiger partial charge in [-0.15, -0.1) is 11.3 Å². The van der Waals surface area contributed by atoms with Crippen LogP contribution in [0.1, 0.15) is 35.4 Å². The molecule has 0 saturated carbocycles. The van der Waals surface area contributed by atoms with Gasteiger partial charge in [0.15, 0.2) is 0 Å². The zero-order valence-electron chi connectivity index (χ0n) is 15.6. The van der Waals surface area contributed by atoms with Gasteiger partial charge in [0.25, 0.3) is 5.69 Å². The van der Waals surface area contributed by atoms with E-state index in [-0.39, 0.29) is 11.6 Å². The van der Waals surface area contributed by atoms with E-state index in [4.69, 9.17) is 0 Å². The van der Waals surface area contributed by atoms with Crippen molar-refractivity contribution < 1.29 is 9.72 Å². The molecule has 28 heavy (non-hydrogen) atoms. The first kappa shape index (κ1) is 19.7. The average Bonchev–Trinajstić information content (AvgIpc) is 3.02. The summed E-state index contributed by atoms with van der Waals surface area (Å²) < 4.78 is 0. The van der Waals surface area contributed by atoms with Gasteiger partial charge in [-0.3, -0.25) is 19.8 Å². The number of hydrogen-bond acceptors (Lipinski definition) is 6. The number of carbonyl (C=O) groups is 1. The van der Waals surface area contributed by atoms with Gasteiger partial charge in [0, 0.05) is 42.2 Å². The number of anilines is 1. The smallest absolute Gasteiger partial charge is 0.269 e. The molecule has 0 unspecified atom stereocenters. The molecule has 0 spiro atoms. The van der Waals surface area contributed by atoms with Crippen LogP contribution in [0.15, 0.2) is 30.3 Å². The molecule has 1 aromatic heterocycles. The number of amides is 1. The highest BCUT2D eigenvalue weighted by Gasteiger charge is 2.26. The van der Waals surface area contributed by atoms with E-state index in [0.717, 1.165) is 30.0 Å². The van der Waals surface area contributed by atoms with Gasteiger partial charge in [-0.25, -0.2) is 0 Å². The second kappa shape index (κ2) is 8.33. The quantitative estimate of drug-likeness (QED) is 0.469. The predicted molar refractivity (Wildman–Crippen MR) is 109 cm³/mol. The summed E-state index contributed by atoms with van der Waals surface area (Å²) in [6.45, 7) is 6.00. The van der Waals surface area contributed by atoms with Gasteiger partial charge in [0.05, 0.1) is 10.5 Å². The summed E-state index contributed by atoms with van der Waals surface area (Å²) >= 11 is 1.46. The molecule has 1 aliphatic heterocycles. The van der Waals surface area contributed by atoms with Crippen molar-refractivity contribution in [2.45, 2.75) is 32.9 Å². The number of thiophene rings is 1. The number of nitro benzene ring substituents is 1. The fourth-order valence-corrected chi connectivity index (χ4v) is 4.33. The number of nitriles is 1. The molecule has 0 atom stereocenters. The van der Waals surface area contributed by atoms with Crippen molar-refractivity contribution in [2.75, 3.05) is 11.9 Å². The van der Waals surface area contributed by atoms with Crippen LogP contribution in [0.2, 0.25) is 0 Å². The lowest BCUT2D eigenvalue weighted by atomic mass is 10.0. The molecule has 1 N–H and O–H groups in total. The van der Waals surface area contributed by atoms with Gasteiger partial charge in [0.2, 0.25) is 5.91 Å². The summed E-state index contributed by atoms with van der Waals surface area (Å²) in [4.78, 5) is 26.0. The number of nitro groups is 1. The molecule has 0 saturated heterocycles. The van der Waals surface area contributed by atoms with Gasteiger partial charge < -0.3 is 5.32 Å². The van der Waals surface area contributed by atoms with E-state index in [1.54, 1.807) is 18.2 Å². The van der Waals surface area contributed by atoms with Crippen LogP contribution in [-0.4, -0.2) is 28.3 Å². The summed E-state index contributed by atoms with van der Waals surface area (Å²) in [5.74, 6) is -0.339. The molecule has 144 valence electrons. The monoisotopic (exact) mass is 396 g/mol. The Labute approximate surface area is 167 Å². The Morgan fingerprint density at radius 2 is 2.11 bits per heavy atom. The average molecular weight is 396 g/mol. The highest BCUT2D eigenvalue weighted by Crippen LogP contribution is 2.37. The molecule has 2 aromatic rings. The van der Waals surface area contributed by atoms with Crippen LogP contribution in [-0.2, 0) is 17.8 Å². The minimum atomic E-state index is -0.470. The first-order chi connectivity index (χ1) is 13.4. The molecule has 1 aliphatic rings. The third-order valence-electron chi connectivity index (χ3n) is 4.70. The first-order valence-electron chi connectivity index (χ1n) is 8.91. The van der Waals surface area contributed by atoms with Gasteiger partial charge >= 0.3 is 0 Å². The summed E-state index contributed by atoms with van der Waals surface area (Å²) in [6, 6.07) is 8.60. The molecule has 1 amide bonds. The fourth-order valence-electron chi connectivity index (χ4n) is 3.10. The Bertz CT molecular complexity index is 971. The van der Waals surface area contributed by atoms with E-state index < -0.39 is 4.92 Å². The van der Waals surface area contributed by atoms with E-state index in [1.165, 1.54) is 29.5 Å². The second-order valence-electron chi connectivity index (χ2n) is 6.81. The lowest BCUT2D eigenvalue weighted by molar-refractivity contribution is -0.384. The number of nitrogens with one attached hydrogen (secondary N) is 1. The minimum absolute atomic E-state index is 0.000119. The van der Waals surface area contributed by atoms with Crippen molar-refractivity contribution in [1.29, 1.82) is 5.26 Å². The van der Waals surface area contributed by atoms with Crippen LogP contribution in [0.25, 0.3) is 6.08 Å². The van der Waals surface area contributed by atoms with E-state index in [0.29, 0.717) is 22.2 Å². The van der Waals surface area contributed by atoms with Gasteiger partial charge in [0.1, 0.15) is 11.1 Å². The largest absolute Gasteiger partial charge is 0.313 e. The maximum Gasteiger partial charge on any atom is 0.269 e. The van der Waals surface area contributed by atoms with Crippen molar-refractivity contribution in [3.05, 3.63) is 62.0 Å². The maximum absolute atomic E-state index is 12.3. The van der Waals surface area contributed by atoms with Crippen LogP contribution in [0.5, 0.6) is 0 Å². The Hall–Kier alpha value is -3.02. The third-order valence-corrected chi connectivity index (χ3v) is 5.83. The molecule has 1 aromatic carbocycles. The lowest BCUT2D eigenvalue weighted by Gasteiger charge is -2.30. The van der Waals surface area contributed by atoms with E-state index in [9.17, 15) is 20.2 Å². The number of benzene rings is 1. The summed E-state index contributed by atoms with van der Waals surface area (Å²) in [6.07, 6.45) is 3.75. The Balaban J connectivity index is 1.72. The zero-order chi connectivity index (χ0) is 20.3. The first-order valence-corrected chi connectivity index (χ1v) is 9.73. The molecule has 3 rings (SSSR count). The Kier molecular flexibility index (Phi) is 5.87. The van der Waals surface area contributed by atoms with Crippen molar-refractivity contribution >= 4 is 34.0 Å². The van der Waals surface area contributed by atoms with E-state index in [2.05, 4.69) is 30.1 Å². The summed E-state index contributed by atoms with van der Waals surface area (Å²) in [7, 11) is 0. The molecule has 2 heterocycles. The Morgan fingerprint density at radius 1 is 1.39 bits per heavy atom. The number of carbonyl (C=O) groups excluding carboxylic acids is 1. The molecule has 7 nitrogen and oxygen atoms in total. The maximum atomic E-state index is 12.3. The van der Waals surface area contributed by atoms with E-state index >= 15 is 0 Å². The highest BCUT2D eigenvalue weighted by atomic mass is 32.1.